The number of hydrogen-bond donors (Lipinski definition) is 0. The van der Waals surface area contributed by atoms with E-state index in [9.17, 15) is 4.79 Å². The van der Waals surface area contributed by atoms with Crippen molar-refractivity contribution in [1.82, 2.24) is 0 Å². The summed E-state index contributed by atoms with van der Waals surface area (Å²) >= 11 is 2.39. The Labute approximate surface area is 176 Å². The van der Waals surface area contributed by atoms with E-state index in [0.717, 1.165) is 6.42 Å². The number of cyclic esters (lactones) is 1. The maximum absolute atomic E-state index is 11.8. The van der Waals surface area contributed by atoms with Gasteiger partial charge in [-0.05, 0) is 21.8 Å². The van der Waals surface area contributed by atoms with Gasteiger partial charge in [0.05, 0.1) is 13.0 Å². The van der Waals surface area contributed by atoms with Crippen LogP contribution in [0.15, 0.2) is 60.7 Å². The topological polar surface area (TPSA) is 35.5 Å². The minimum absolute atomic E-state index is 0.0400. The average molecular weight is 494 g/mol. The van der Waals surface area contributed by atoms with Crippen molar-refractivity contribution in [3.05, 3.63) is 60.7 Å². The zero-order valence-electron chi connectivity index (χ0n) is 16.2. The van der Waals surface area contributed by atoms with Crippen LogP contribution in [-0.4, -0.2) is 25.0 Å². The smallest absolute Gasteiger partial charge is 0.306 e. The number of halogens is 1. The molecule has 1 saturated heterocycles. The lowest BCUT2D eigenvalue weighted by atomic mass is 10.0. The lowest BCUT2D eigenvalue weighted by Gasteiger charge is -2.45. The Morgan fingerprint density at radius 1 is 1.04 bits per heavy atom. The molecule has 5 heteroatoms. The van der Waals surface area contributed by atoms with Crippen LogP contribution in [0, 0.1) is 5.92 Å². The van der Waals surface area contributed by atoms with E-state index >= 15 is 0 Å². The van der Waals surface area contributed by atoms with E-state index in [1.54, 1.807) is 0 Å². The molecule has 144 valence electrons. The van der Waals surface area contributed by atoms with Gasteiger partial charge in [-0.1, -0.05) is 104 Å². The van der Waals surface area contributed by atoms with Gasteiger partial charge in [-0.15, -0.1) is 0 Å². The van der Waals surface area contributed by atoms with Crippen molar-refractivity contribution in [2.24, 2.45) is 5.92 Å². The van der Waals surface area contributed by atoms with E-state index in [-0.39, 0.29) is 21.0 Å². The molecule has 3 rings (SSSR count). The van der Waals surface area contributed by atoms with Crippen LogP contribution in [-0.2, 0) is 14.0 Å². The summed E-state index contributed by atoms with van der Waals surface area (Å²) in [5.74, 6) is 0.0764. The van der Waals surface area contributed by atoms with Crippen LogP contribution in [0.3, 0.4) is 0 Å². The molecule has 0 amide bonds. The number of alkyl halides is 1. The first kappa shape index (κ1) is 20.5. The molecule has 1 heterocycles. The molecule has 0 aliphatic carbocycles. The van der Waals surface area contributed by atoms with E-state index in [2.05, 4.69) is 104 Å². The third-order valence-electron chi connectivity index (χ3n) is 5.26. The van der Waals surface area contributed by atoms with E-state index < -0.39 is 8.32 Å². The number of carbonyl (C=O) groups is 1. The van der Waals surface area contributed by atoms with Crippen molar-refractivity contribution in [2.45, 2.75) is 42.8 Å². The third kappa shape index (κ3) is 4.30. The molecule has 0 bridgehead atoms. The Hall–Kier alpha value is -1.18. The second-order valence-electron chi connectivity index (χ2n) is 8.11. The summed E-state index contributed by atoms with van der Waals surface area (Å²) in [6.45, 7) is 7.32. The van der Waals surface area contributed by atoms with Crippen LogP contribution < -0.4 is 10.4 Å². The summed E-state index contributed by atoms with van der Waals surface area (Å²) in [5, 5.41) is 2.47. The van der Waals surface area contributed by atoms with E-state index in [4.69, 9.17) is 9.16 Å². The molecule has 0 spiro atoms. The van der Waals surface area contributed by atoms with Gasteiger partial charge in [-0.2, -0.15) is 0 Å². The fourth-order valence-corrected chi connectivity index (χ4v) is 10.2. The van der Waals surface area contributed by atoms with Gasteiger partial charge in [0, 0.05) is 5.92 Å². The third-order valence-corrected chi connectivity index (χ3v) is 12.0. The summed E-state index contributed by atoms with van der Waals surface area (Å²) < 4.78 is 12.2. The average Bonchev–Trinajstić information content (AvgIpc) is 2.66. The molecule has 27 heavy (non-hydrogen) atoms. The molecule has 0 aromatic heterocycles. The highest BCUT2D eigenvalue weighted by Gasteiger charge is 2.52. The number of benzene rings is 2. The predicted octanol–water partition coefficient (Wildman–Crippen LogP) is 4.28. The summed E-state index contributed by atoms with van der Waals surface area (Å²) in [7, 11) is -2.58. The Morgan fingerprint density at radius 2 is 1.56 bits per heavy atom. The summed E-state index contributed by atoms with van der Waals surface area (Å²) in [6.07, 6.45) is 1.29. The maximum Gasteiger partial charge on any atom is 0.306 e. The fourth-order valence-electron chi connectivity index (χ4n) is 3.88. The van der Waals surface area contributed by atoms with Crippen molar-refractivity contribution >= 4 is 47.3 Å². The lowest BCUT2D eigenvalue weighted by molar-refractivity contribution is -0.149. The van der Waals surface area contributed by atoms with Crippen molar-refractivity contribution < 1.29 is 14.0 Å². The fraction of sp³-hybridized carbons (Fsp3) is 0.409. The summed E-state index contributed by atoms with van der Waals surface area (Å²) in [6, 6.07) is 21.3. The van der Waals surface area contributed by atoms with Crippen LogP contribution in [0.5, 0.6) is 0 Å². The summed E-state index contributed by atoms with van der Waals surface area (Å²) in [4.78, 5) is 11.8. The molecule has 1 unspecified atom stereocenters. The molecule has 0 N–H and O–H groups in total. The zero-order chi connectivity index (χ0) is 19.5. The normalized spacial score (nSPS) is 19.4. The Bertz CT molecular complexity index is 719. The predicted molar refractivity (Wildman–Crippen MR) is 120 cm³/mol. The lowest BCUT2D eigenvalue weighted by Crippen LogP contribution is -2.67. The van der Waals surface area contributed by atoms with Crippen LogP contribution in [0.2, 0.25) is 5.04 Å². The maximum atomic E-state index is 11.8. The molecule has 1 fully saturated rings. The van der Waals surface area contributed by atoms with Crippen LogP contribution in [0.1, 0.15) is 33.6 Å². The van der Waals surface area contributed by atoms with Crippen LogP contribution >= 0.6 is 22.6 Å². The Kier molecular flexibility index (Phi) is 6.43. The number of rotatable bonds is 5. The highest BCUT2D eigenvalue weighted by molar-refractivity contribution is 14.1. The largest absolute Gasteiger partial charge is 0.466 e. The van der Waals surface area contributed by atoms with E-state index in [1.165, 1.54) is 10.4 Å². The molecule has 0 radical (unpaired) electrons. The highest BCUT2D eigenvalue weighted by Crippen LogP contribution is 2.40. The van der Waals surface area contributed by atoms with Gasteiger partial charge < -0.3 is 9.16 Å². The van der Waals surface area contributed by atoms with Gasteiger partial charge in [-0.25, -0.2) is 0 Å². The molecule has 2 atom stereocenters. The standard InChI is InChI=1S/C22H27IO3Si/c1-22(2,3)27(18-10-6-4-7-11-18,19-12-8-5-9-13-19)26-21(23)17-14-15-25-20(24)16-17/h4-13,17,21H,14-16H2,1-3H3/t17-,21?/m0/s1. The molecule has 2 aromatic rings. The van der Waals surface area contributed by atoms with Crippen molar-refractivity contribution in [3.8, 4) is 0 Å². The van der Waals surface area contributed by atoms with Gasteiger partial charge in [0.15, 0.2) is 0 Å². The first-order valence-electron chi connectivity index (χ1n) is 9.43. The monoisotopic (exact) mass is 494 g/mol. The molecule has 2 aromatic carbocycles. The van der Waals surface area contributed by atoms with Crippen molar-refractivity contribution in [2.75, 3.05) is 6.61 Å². The van der Waals surface area contributed by atoms with Gasteiger partial charge in [-0.3, -0.25) is 4.79 Å². The van der Waals surface area contributed by atoms with Crippen LogP contribution in [0.4, 0.5) is 0 Å². The number of hydrogen-bond acceptors (Lipinski definition) is 3. The van der Waals surface area contributed by atoms with Gasteiger partial charge in [0.2, 0.25) is 0 Å². The zero-order valence-corrected chi connectivity index (χ0v) is 19.3. The van der Waals surface area contributed by atoms with Gasteiger partial charge in [0.25, 0.3) is 8.32 Å². The minimum atomic E-state index is -2.58. The Balaban J connectivity index is 2.07. The molecule has 1 aliphatic heterocycles. The second kappa shape index (κ2) is 8.45. The first-order valence-corrected chi connectivity index (χ1v) is 12.6. The summed E-state index contributed by atoms with van der Waals surface area (Å²) in [5.41, 5.74) is 0. The quantitative estimate of drug-likeness (QED) is 0.270. The van der Waals surface area contributed by atoms with Crippen molar-refractivity contribution in [1.29, 1.82) is 0 Å². The minimum Gasteiger partial charge on any atom is -0.466 e. The number of ether oxygens (including phenoxy) is 1. The Morgan fingerprint density at radius 3 is 2.00 bits per heavy atom. The van der Waals surface area contributed by atoms with Crippen molar-refractivity contribution in [3.63, 3.8) is 0 Å². The number of esters is 1. The SMILES string of the molecule is CC(C)(C)[Si](OC(I)[C@H]1CCOC(=O)C1)(c1ccccc1)c1ccccc1. The highest BCUT2D eigenvalue weighted by atomic mass is 127. The van der Waals surface area contributed by atoms with E-state index in [1.807, 2.05) is 0 Å². The molecular formula is C22H27IO3Si. The second-order valence-corrected chi connectivity index (χ2v) is 13.6. The van der Waals surface area contributed by atoms with Gasteiger partial charge >= 0.3 is 5.97 Å². The van der Waals surface area contributed by atoms with Crippen LogP contribution in [0.25, 0.3) is 0 Å². The van der Waals surface area contributed by atoms with E-state index in [0.29, 0.717) is 13.0 Å². The molecule has 1 aliphatic rings. The molecule has 0 saturated carbocycles. The van der Waals surface area contributed by atoms with Gasteiger partial charge in [0.1, 0.15) is 4.11 Å². The number of carbonyl (C=O) groups excluding carboxylic acids is 1. The first-order chi connectivity index (χ1) is 12.8. The molecular weight excluding hydrogens is 467 g/mol. The molecule has 3 nitrogen and oxygen atoms in total.